The van der Waals surface area contributed by atoms with Crippen molar-refractivity contribution in [2.24, 2.45) is 0 Å². The maximum Gasteiger partial charge on any atom is 0.294 e. The van der Waals surface area contributed by atoms with E-state index in [1.807, 2.05) is 30.3 Å². The Kier molecular flexibility index (Phi) is 5.79. The molecular formula is C12H16N2O4. The number of carbonyl (C=O) groups excluding carboxylic acids is 1. The molecule has 0 fully saturated rings. The molecule has 0 aromatic heterocycles. The Bertz CT molecular complexity index is 394. The lowest BCUT2D eigenvalue weighted by Crippen LogP contribution is -2.36. The molecule has 98 valence electrons. The van der Waals surface area contributed by atoms with E-state index in [9.17, 15) is 14.9 Å². The predicted molar refractivity (Wildman–Crippen MR) is 65.4 cm³/mol. The van der Waals surface area contributed by atoms with Crippen LogP contribution in [0.1, 0.15) is 12.0 Å². The molecule has 0 aliphatic rings. The third-order valence-electron chi connectivity index (χ3n) is 2.42. The number of hydrogen-bond acceptors (Lipinski definition) is 4. The Morgan fingerprint density at radius 1 is 1.33 bits per heavy atom. The second kappa shape index (κ2) is 7.39. The van der Waals surface area contributed by atoms with E-state index >= 15 is 0 Å². The lowest BCUT2D eigenvalue weighted by molar-refractivity contribution is -0.468. The summed E-state index contributed by atoms with van der Waals surface area (Å²) in [5, 5.41) is 19.1. The number of nitrogens with zero attached hydrogens (tertiary/aromatic N) is 2. The summed E-state index contributed by atoms with van der Waals surface area (Å²) in [6.07, 6.45) is 0.413. The van der Waals surface area contributed by atoms with Crippen LogP contribution < -0.4 is 0 Å². The normalized spacial score (nSPS) is 10.1. The summed E-state index contributed by atoms with van der Waals surface area (Å²) >= 11 is 0. The van der Waals surface area contributed by atoms with Gasteiger partial charge in [0.25, 0.3) is 12.5 Å². The van der Waals surface area contributed by atoms with Gasteiger partial charge in [0.15, 0.2) is 0 Å². The van der Waals surface area contributed by atoms with Crippen LogP contribution in [0.4, 0.5) is 0 Å². The van der Waals surface area contributed by atoms with Crippen molar-refractivity contribution < 1.29 is 14.8 Å². The lowest BCUT2D eigenvalue weighted by Gasteiger charge is -2.20. The Morgan fingerprint density at radius 3 is 2.56 bits per heavy atom. The van der Waals surface area contributed by atoms with Gasteiger partial charge in [0.05, 0.1) is 0 Å². The van der Waals surface area contributed by atoms with Gasteiger partial charge in [0.2, 0.25) is 0 Å². The van der Waals surface area contributed by atoms with Crippen molar-refractivity contribution in [2.75, 3.05) is 19.7 Å². The van der Waals surface area contributed by atoms with Crippen LogP contribution >= 0.6 is 0 Å². The monoisotopic (exact) mass is 252 g/mol. The van der Waals surface area contributed by atoms with Crippen molar-refractivity contribution in [3.05, 3.63) is 46.0 Å². The maximum atomic E-state index is 11.7. The van der Waals surface area contributed by atoms with E-state index in [1.165, 1.54) is 4.90 Å². The van der Waals surface area contributed by atoms with E-state index in [4.69, 9.17) is 5.11 Å². The Hall–Kier alpha value is -1.95. The zero-order valence-corrected chi connectivity index (χ0v) is 9.99. The molecule has 0 spiro atoms. The molecule has 0 bridgehead atoms. The summed E-state index contributed by atoms with van der Waals surface area (Å²) in [5.74, 6) is -0.530. The highest BCUT2D eigenvalue weighted by molar-refractivity contribution is 5.77. The molecule has 1 amide bonds. The smallest absolute Gasteiger partial charge is 0.294 e. The molecular weight excluding hydrogens is 236 g/mol. The predicted octanol–water partition coefficient (Wildman–Crippen LogP) is 0.674. The first-order valence-corrected chi connectivity index (χ1v) is 5.68. The average Bonchev–Trinajstić information content (AvgIpc) is 2.34. The molecule has 0 radical (unpaired) electrons. The highest BCUT2D eigenvalue weighted by Gasteiger charge is 2.18. The molecule has 0 aliphatic heterocycles. The zero-order valence-electron chi connectivity index (χ0n) is 9.99. The molecule has 1 aromatic rings. The SMILES string of the molecule is O=C(C[N+](=O)[O-])N(CCCO)Cc1ccccc1. The fourth-order valence-electron chi connectivity index (χ4n) is 1.57. The first-order valence-electron chi connectivity index (χ1n) is 5.68. The van der Waals surface area contributed by atoms with E-state index in [1.54, 1.807) is 0 Å². The van der Waals surface area contributed by atoms with Crippen molar-refractivity contribution in [1.82, 2.24) is 4.90 Å². The number of aliphatic hydroxyl groups excluding tert-OH is 1. The van der Waals surface area contributed by atoms with Crippen LogP contribution in [0.15, 0.2) is 30.3 Å². The van der Waals surface area contributed by atoms with Crippen molar-refractivity contribution in [3.8, 4) is 0 Å². The molecule has 1 aromatic carbocycles. The van der Waals surface area contributed by atoms with E-state index < -0.39 is 17.4 Å². The van der Waals surface area contributed by atoms with Gasteiger partial charge in [-0.25, -0.2) is 0 Å². The second-order valence-electron chi connectivity index (χ2n) is 3.87. The van der Waals surface area contributed by atoms with Gasteiger partial charge < -0.3 is 10.0 Å². The van der Waals surface area contributed by atoms with Crippen molar-refractivity contribution in [3.63, 3.8) is 0 Å². The molecule has 0 atom stereocenters. The first-order chi connectivity index (χ1) is 8.63. The van der Waals surface area contributed by atoms with Crippen LogP contribution in [-0.2, 0) is 11.3 Å². The third-order valence-corrected chi connectivity index (χ3v) is 2.42. The number of amides is 1. The molecule has 0 unspecified atom stereocenters. The number of nitro groups is 1. The van der Waals surface area contributed by atoms with Gasteiger partial charge >= 0.3 is 0 Å². The highest BCUT2D eigenvalue weighted by atomic mass is 16.6. The maximum absolute atomic E-state index is 11.7. The van der Waals surface area contributed by atoms with Gasteiger partial charge in [-0.3, -0.25) is 14.9 Å². The lowest BCUT2D eigenvalue weighted by atomic mass is 10.2. The standard InChI is InChI=1S/C12H16N2O4/c15-8-4-7-13(12(16)10-14(17)18)9-11-5-2-1-3-6-11/h1-3,5-6,15H,4,7-10H2. The minimum Gasteiger partial charge on any atom is -0.396 e. The van der Waals surface area contributed by atoms with Crippen molar-refractivity contribution >= 4 is 5.91 Å². The number of benzene rings is 1. The zero-order chi connectivity index (χ0) is 13.4. The molecule has 0 saturated heterocycles. The van der Waals surface area contributed by atoms with Gasteiger partial charge in [-0.1, -0.05) is 30.3 Å². The Balaban J connectivity index is 2.65. The van der Waals surface area contributed by atoms with Gasteiger partial charge in [-0.15, -0.1) is 0 Å². The fourth-order valence-corrected chi connectivity index (χ4v) is 1.57. The second-order valence-corrected chi connectivity index (χ2v) is 3.87. The fraction of sp³-hybridized carbons (Fsp3) is 0.417. The van der Waals surface area contributed by atoms with Gasteiger partial charge in [0, 0.05) is 24.6 Å². The minimum absolute atomic E-state index is 0.0446. The number of hydrogen-bond donors (Lipinski definition) is 1. The Labute approximate surface area is 105 Å². The number of rotatable bonds is 7. The molecule has 1 N–H and O–H groups in total. The van der Waals surface area contributed by atoms with Crippen LogP contribution in [-0.4, -0.2) is 40.5 Å². The third kappa shape index (κ3) is 4.92. The van der Waals surface area contributed by atoms with Crippen LogP contribution in [0.25, 0.3) is 0 Å². The molecule has 6 nitrogen and oxygen atoms in total. The van der Waals surface area contributed by atoms with Crippen LogP contribution in [0, 0.1) is 10.1 Å². The molecule has 0 heterocycles. The topological polar surface area (TPSA) is 83.7 Å². The van der Waals surface area contributed by atoms with Gasteiger partial charge in [0.1, 0.15) is 0 Å². The summed E-state index contributed by atoms with van der Waals surface area (Å²) in [6, 6.07) is 9.26. The molecule has 0 saturated carbocycles. The van der Waals surface area contributed by atoms with E-state index in [-0.39, 0.29) is 6.61 Å². The molecule has 6 heteroatoms. The van der Waals surface area contributed by atoms with E-state index in [2.05, 4.69) is 0 Å². The molecule has 1 rings (SSSR count). The molecule has 18 heavy (non-hydrogen) atoms. The molecule has 0 aliphatic carbocycles. The summed E-state index contributed by atoms with van der Waals surface area (Å²) in [4.78, 5) is 22.8. The summed E-state index contributed by atoms with van der Waals surface area (Å²) in [6.45, 7) is -0.110. The van der Waals surface area contributed by atoms with Gasteiger partial charge in [-0.2, -0.15) is 0 Å². The first kappa shape index (κ1) is 14.1. The number of aliphatic hydroxyl groups is 1. The van der Waals surface area contributed by atoms with Crippen LogP contribution in [0.5, 0.6) is 0 Å². The van der Waals surface area contributed by atoms with Crippen molar-refractivity contribution in [1.29, 1.82) is 0 Å². The summed E-state index contributed by atoms with van der Waals surface area (Å²) in [5.41, 5.74) is 0.909. The van der Waals surface area contributed by atoms with E-state index in [0.717, 1.165) is 5.56 Å². The largest absolute Gasteiger partial charge is 0.396 e. The summed E-state index contributed by atoms with van der Waals surface area (Å²) in [7, 11) is 0. The van der Waals surface area contributed by atoms with Crippen molar-refractivity contribution in [2.45, 2.75) is 13.0 Å². The average molecular weight is 252 g/mol. The quantitative estimate of drug-likeness (QED) is 0.571. The number of carbonyl (C=O) groups is 1. The van der Waals surface area contributed by atoms with Crippen LogP contribution in [0.3, 0.4) is 0 Å². The Morgan fingerprint density at radius 2 is 2.00 bits per heavy atom. The van der Waals surface area contributed by atoms with Crippen LogP contribution in [0.2, 0.25) is 0 Å². The van der Waals surface area contributed by atoms with Gasteiger partial charge in [-0.05, 0) is 12.0 Å². The van der Waals surface area contributed by atoms with E-state index in [0.29, 0.717) is 19.5 Å². The minimum atomic E-state index is -0.710. The highest BCUT2D eigenvalue weighted by Crippen LogP contribution is 2.05. The summed E-state index contributed by atoms with van der Waals surface area (Å²) < 4.78 is 0.